The van der Waals surface area contributed by atoms with Crippen LogP contribution in [-0.4, -0.2) is 33.4 Å². The lowest BCUT2D eigenvalue weighted by molar-refractivity contribution is 0.196. The predicted octanol–water partition coefficient (Wildman–Crippen LogP) is 2.70. The number of benzene rings is 1. The zero-order valence-corrected chi connectivity index (χ0v) is 12.2. The zero-order chi connectivity index (χ0) is 13.5. The Morgan fingerprint density at radius 3 is 2.78 bits per heavy atom. The maximum atomic E-state index is 6.27. The summed E-state index contributed by atoms with van der Waals surface area (Å²) < 4.78 is 5.07. The molecule has 0 saturated carbocycles. The molecule has 0 radical (unpaired) electrons. The van der Waals surface area contributed by atoms with Crippen LogP contribution in [0, 0.1) is 0 Å². The normalized spacial score (nSPS) is 12.5. The minimum Gasteiger partial charge on any atom is -0.385 e. The van der Waals surface area contributed by atoms with Gasteiger partial charge in [-0.05, 0) is 37.5 Å². The largest absolute Gasteiger partial charge is 0.385 e. The summed E-state index contributed by atoms with van der Waals surface area (Å²) in [6.07, 6.45) is 1.79. The molecule has 0 aliphatic rings. The van der Waals surface area contributed by atoms with Gasteiger partial charge in [0.05, 0.1) is 0 Å². The Bertz CT molecular complexity index is 369. The Morgan fingerprint density at radius 1 is 1.44 bits per heavy atom. The fraction of sp³-hybridized carbons (Fsp3) is 0.571. The zero-order valence-electron chi connectivity index (χ0n) is 11.4. The van der Waals surface area contributed by atoms with Gasteiger partial charge in [0.15, 0.2) is 0 Å². The molecule has 0 saturated heterocycles. The SMILES string of the molecule is COCCCN(C)c1cccc(Cl)c1CC(C)N. The minimum atomic E-state index is 0.107. The number of anilines is 1. The summed E-state index contributed by atoms with van der Waals surface area (Å²) in [4.78, 5) is 2.21. The van der Waals surface area contributed by atoms with Crippen LogP contribution in [0.2, 0.25) is 5.02 Å². The third-order valence-corrected chi connectivity index (χ3v) is 3.23. The first-order chi connectivity index (χ1) is 8.56. The van der Waals surface area contributed by atoms with Crippen LogP contribution in [0.1, 0.15) is 18.9 Å². The predicted molar refractivity (Wildman–Crippen MR) is 78.6 cm³/mol. The van der Waals surface area contributed by atoms with Crippen molar-refractivity contribution in [2.75, 3.05) is 32.2 Å². The number of ether oxygens (including phenoxy) is 1. The molecule has 0 spiro atoms. The summed E-state index contributed by atoms with van der Waals surface area (Å²) in [5.41, 5.74) is 8.18. The molecule has 2 N–H and O–H groups in total. The molecule has 0 bridgehead atoms. The average molecular weight is 271 g/mol. The fourth-order valence-electron chi connectivity index (χ4n) is 2.00. The van der Waals surface area contributed by atoms with Crippen molar-refractivity contribution in [1.82, 2.24) is 0 Å². The van der Waals surface area contributed by atoms with Crippen molar-refractivity contribution in [3.8, 4) is 0 Å². The van der Waals surface area contributed by atoms with E-state index >= 15 is 0 Å². The number of methoxy groups -OCH3 is 1. The van der Waals surface area contributed by atoms with E-state index in [0.717, 1.165) is 42.3 Å². The number of rotatable bonds is 7. The molecule has 0 amide bonds. The third-order valence-electron chi connectivity index (χ3n) is 2.87. The molecule has 0 aliphatic carbocycles. The lowest BCUT2D eigenvalue weighted by atomic mass is 10.0. The fourth-order valence-corrected chi connectivity index (χ4v) is 2.24. The van der Waals surface area contributed by atoms with Crippen molar-refractivity contribution in [2.24, 2.45) is 5.73 Å². The smallest absolute Gasteiger partial charge is 0.0479 e. The first-order valence-electron chi connectivity index (χ1n) is 6.29. The van der Waals surface area contributed by atoms with Crippen molar-refractivity contribution in [2.45, 2.75) is 25.8 Å². The standard InChI is InChI=1S/C14H23ClN2O/c1-11(16)10-12-13(15)6-4-7-14(12)17(2)8-5-9-18-3/h4,6-7,11H,5,8-10,16H2,1-3H3. The van der Waals surface area contributed by atoms with E-state index in [1.807, 2.05) is 19.1 Å². The molecule has 0 aliphatic heterocycles. The Morgan fingerprint density at radius 2 is 2.17 bits per heavy atom. The maximum absolute atomic E-state index is 6.27. The molecule has 1 atom stereocenters. The average Bonchev–Trinajstić information content (AvgIpc) is 2.31. The summed E-state index contributed by atoms with van der Waals surface area (Å²) in [7, 11) is 3.80. The van der Waals surface area contributed by atoms with E-state index in [4.69, 9.17) is 22.1 Å². The van der Waals surface area contributed by atoms with Gasteiger partial charge in [0.1, 0.15) is 0 Å². The Balaban J connectivity index is 2.82. The summed E-state index contributed by atoms with van der Waals surface area (Å²) in [6, 6.07) is 6.10. The highest BCUT2D eigenvalue weighted by Gasteiger charge is 2.12. The summed E-state index contributed by atoms with van der Waals surface area (Å²) in [6.45, 7) is 3.71. The van der Waals surface area contributed by atoms with E-state index in [1.54, 1.807) is 7.11 Å². The second kappa shape index (κ2) is 7.62. The Labute approximate surface area is 115 Å². The van der Waals surface area contributed by atoms with E-state index in [2.05, 4.69) is 18.0 Å². The second-order valence-corrected chi connectivity index (χ2v) is 5.09. The number of nitrogens with zero attached hydrogens (tertiary/aromatic N) is 1. The number of hydrogen-bond acceptors (Lipinski definition) is 3. The van der Waals surface area contributed by atoms with Gasteiger partial charge in [-0.15, -0.1) is 0 Å². The van der Waals surface area contributed by atoms with Gasteiger partial charge in [0, 0.05) is 44.1 Å². The highest BCUT2D eigenvalue weighted by atomic mass is 35.5. The van der Waals surface area contributed by atoms with Crippen molar-refractivity contribution >= 4 is 17.3 Å². The number of hydrogen-bond donors (Lipinski definition) is 1. The molecule has 1 aromatic rings. The van der Waals surface area contributed by atoms with Crippen LogP contribution in [0.25, 0.3) is 0 Å². The first-order valence-corrected chi connectivity index (χ1v) is 6.67. The van der Waals surface area contributed by atoms with Gasteiger partial charge in [0.2, 0.25) is 0 Å². The van der Waals surface area contributed by atoms with Gasteiger partial charge < -0.3 is 15.4 Å². The van der Waals surface area contributed by atoms with Gasteiger partial charge in [-0.2, -0.15) is 0 Å². The van der Waals surface area contributed by atoms with Gasteiger partial charge in [-0.3, -0.25) is 0 Å². The van der Waals surface area contributed by atoms with Crippen LogP contribution in [-0.2, 0) is 11.2 Å². The molecule has 0 fully saturated rings. The number of nitrogens with two attached hydrogens (primary N) is 1. The van der Waals surface area contributed by atoms with Gasteiger partial charge in [-0.1, -0.05) is 17.7 Å². The Hall–Kier alpha value is -0.770. The van der Waals surface area contributed by atoms with E-state index in [0.29, 0.717) is 0 Å². The molecule has 0 aromatic heterocycles. The van der Waals surface area contributed by atoms with Crippen LogP contribution in [0.4, 0.5) is 5.69 Å². The first kappa shape index (κ1) is 15.3. The topological polar surface area (TPSA) is 38.5 Å². The molecular weight excluding hydrogens is 248 g/mol. The van der Waals surface area contributed by atoms with Crippen molar-refractivity contribution in [1.29, 1.82) is 0 Å². The lowest BCUT2D eigenvalue weighted by Gasteiger charge is -2.24. The highest BCUT2D eigenvalue weighted by Crippen LogP contribution is 2.28. The molecule has 4 heteroatoms. The van der Waals surface area contributed by atoms with Gasteiger partial charge >= 0.3 is 0 Å². The second-order valence-electron chi connectivity index (χ2n) is 4.69. The molecule has 1 aromatic carbocycles. The summed E-state index contributed by atoms with van der Waals surface area (Å²) >= 11 is 6.27. The summed E-state index contributed by atoms with van der Waals surface area (Å²) in [5.74, 6) is 0. The van der Waals surface area contributed by atoms with Crippen LogP contribution >= 0.6 is 11.6 Å². The van der Waals surface area contributed by atoms with Crippen LogP contribution in [0.15, 0.2) is 18.2 Å². The minimum absolute atomic E-state index is 0.107. The summed E-state index contributed by atoms with van der Waals surface area (Å²) in [5, 5.41) is 0.795. The quantitative estimate of drug-likeness (QED) is 0.775. The van der Waals surface area contributed by atoms with E-state index < -0.39 is 0 Å². The van der Waals surface area contributed by atoms with Crippen molar-refractivity contribution < 1.29 is 4.74 Å². The van der Waals surface area contributed by atoms with Crippen LogP contribution < -0.4 is 10.6 Å². The van der Waals surface area contributed by atoms with Crippen molar-refractivity contribution in [3.63, 3.8) is 0 Å². The molecule has 0 heterocycles. The monoisotopic (exact) mass is 270 g/mol. The van der Waals surface area contributed by atoms with Gasteiger partial charge in [-0.25, -0.2) is 0 Å². The third kappa shape index (κ3) is 4.48. The van der Waals surface area contributed by atoms with Gasteiger partial charge in [0.25, 0.3) is 0 Å². The highest BCUT2D eigenvalue weighted by molar-refractivity contribution is 6.31. The van der Waals surface area contributed by atoms with E-state index in [1.165, 1.54) is 0 Å². The number of halogens is 1. The Kier molecular flexibility index (Phi) is 6.47. The van der Waals surface area contributed by atoms with Crippen LogP contribution in [0.3, 0.4) is 0 Å². The molecule has 102 valence electrons. The lowest BCUT2D eigenvalue weighted by Crippen LogP contribution is -2.24. The van der Waals surface area contributed by atoms with Crippen LogP contribution in [0.5, 0.6) is 0 Å². The molecule has 1 unspecified atom stereocenters. The van der Waals surface area contributed by atoms with Crippen molar-refractivity contribution in [3.05, 3.63) is 28.8 Å². The van der Waals surface area contributed by atoms with E-state index in [9.17, 15) is 0 Å². The van der Waals surface area contributed by atoms with E-state index in [-0.39, 0.29) is 6.04 Å². The molecule has 1 rings (SSSR count). The molecule has 3 nitrogen and oxygen atoms in total. The molecule has 18 heavy (non-hydrogen) atoms. The maximum Gasteiger partial charge on any atom is 0.0479 e. The molecular formula is C14H23ClN2O.